The molecule has 1 N–H and O–H groups in total. The van der Waals surface area contributed by atoms with Crippen LogP contribution in [0.3, 0.4) is 0 Å². The number of hydrogen-bond donors (Lipinski definition) is 1. The Kier molecular flexibility index (Phi) is 2.66. The van der Waals surface area contributed by atoms with Gasteiger partial charge in [-0.15, -0.1) is 0 Å². The molecule has 2 fully saturated rings. The molecule has 0 bridgehead atoms. The lowest BCUT2D eigenvalue weighted by molar-refractivity contribution is 0.326. The van der Waals surface area contributed by atoms with Crippen LogP contribution in [0.5, 0.6) is 0 Å². The van der Waals surface area contributed by atoms with E-state index in [1.807, 2.05) is 12.3 Å². The molecule has 1 atom stereocenters. The maximum atomic E-state index is 4.42. The van der Waals surface area contributed by atoms with Gasteiger partial charge in [0.25, 0.3) is 0 Å². The van der Waals surface area contributed by atoms with Crippen molar-refractivity contribution in [1.29, 1.82) is 0 Å². The summed E-state index contributed by atoms with van der Waals surface area (Å²) in [6.07, 6.45) is 5.93. The van der Waals surface area contributed by atoms with E-state index in [0.717, 1.165) is 11.6 Å². The first-order chi connectivity index (χ1) is 9.40. The minimum Gasteiger partial charge on any atom is -0.380 e. The average Bonchev–Trinajstić information content (AvgIpc) is 3.20. The molecule has 4 rings (SSSR count). The maximum Gasteiger partial charge on any atom is 0.0722 e. The summed E-state index contributed by atoms with van der Waals surface area (Å²) < 4.78 is 0. The van der Waals surface area contributed by atoms with E-state index in [2.05, 4.69) is 39.5 Å². The number of nitrogens with one attached hydrogen (secondary N) is 1. The Bertz CT molecular complexity index is 586. The molecule has 0 amide bonds. The number of hydrogen-bond acceptors (Lipinski definition) is 3. The molecule has 1 saturated carbocycles. The average molecular weight is 253 g/mol. The Morgan fingerprint density at radius 2 is 2.05 bits per heavy atom. The molecule has 0 spiro atoms. The van der Waals surface area contributed by atoms with Gasteiger partial charge >= 0.3 is 0 Å². The summed E-state index contributed by atoms with van der Waals surface area (Å²) in [5, 5.41) is 4.95. The van der Waals surface area contributed by atoms with Crippen LogP contribution in [-0.2, 0) is 0 Å². The van der Waals surface area contributed by atoms with Crippen LogP contribution in [0.15, 0.2) is 36.5 Å². The fraction of sp³-hybridized carbons (Fsp3) is 0.438. The quantitative estimate of drug-likeness (QED) is 0.911. The molecule has 3 nitrogen and oxygen atoms in total. The third-order valence-electron chi connectivity index (χ3n) is 4.29. The molecule has 1 aromatic heterocycles. The number of fused-ring (bicyclic) bond motifs is 1. The molecule has 1 aliphatic heterocycles. The van der Waals surface area contributed by atoms with Gasteiger partial charge in [-0.25, -0.2) is 0 Å². The van der Waals surface area contributed by atoms with E-state index >= 15 is 0 Å². The van der Waals surface area contributed by atoms with E-state index in [4.69, 9.17) is 0 Å². The molecule has 2 aliphatic rings. The van der Waals surface area contributed by atoms with Gasteiger partial charge in [-0.05, 0) is 43.5 Å². The third-order valence-corrected chi connectivity index (χ3v) is 4.29. The van der Waals surface area contributed by atoms with Crippen LogP contribution in [-0.4, -0.2) is 35.1 Å². The molecule has 2 aromatic rings. The molecular weight excluding hydrogens is 234 g/mol. The highest BCUT2D eigenvalue weighted by Crippen LogP contribution is 2.31. The predicted octanol–water partition coefficient (Wildman–Crippen LogP) is 2.88. The standard InChI is InChI=1S/C16H19N3/c1-4-15-14(3-2-9-17-15)16(5-1)18-12-8-10-19(11-12)13-6-7-13/h1-5,9,12-13,18H,6-8,10-11H2. The Morgan fingerprint density at radius 3 is 2.95 bits per heavy atom. The molecule has 1 aliphatic carbocycles. The summed E-state index contributed by atoms with van der Waals surface area (Å²) >= 11 is 0. The zero-order chi connectivity index (χ0) is 12.7. The van der Waals surface area contributed by atoms with E-state index in [1.54, 1.807) is 0 Å². The van der Waals surface area contributed by atoms with E-state index in [9.17, 15) is 0 Å². The monoisotopic (exact) mass is 253 g/mol. The summed E-state index contributed by atoms with van der Waals surface area (Å²) in [6, 6.07) is 12.0. The van der Waals surface area contributed by atoms with Crippen LogP contribution in [0.2, 0.25) is 0 Å². The zero-order valence-corrected chi connectivity index (χ0v) is 11.0. The number of likely N-dealkylation sites (tertiary alicyclic amines) is 1. The summed E-state index contributed by atoms with van der Waals surface area (Å²) in [5.74, 6) is 0. The molecule has 1 unspecified atom stereocenters. The fourth-order valence-corrected chi connectivity index (χ4v) is 3.13. The van der Waals surface area contributed by atoms with E-state index in [0.29, 0.717) is 6.04 Å². The second-order valence-corrected chi connectivity index (χ2v) is 5.73. The molecule has 3 heteroatoms. The van der Waals surface area contributed by atoms with Gasteiger partial charge in [0.15, 0.2) is 0 Å². The van der Waals surface area contributed by atoms with Crippen molar-refractivity contribution in [3.63, 3.8) is 0 Å². The van der Waals surface area contributed by atoms with E-state index < -0.39 is 0 Å². The number of benzene rings is 1. The summed E-state index contributed by atoms with van der Waals surface area (Å²) in [7, 11) is 0. The smallest absolute Gasteiger partial charge is 0.0722 e. The van der Waals surface area contributed by atoms with E-state index in [1.165, 1.54) is 43.4 Å². The number of rotatable bonds is 3. The topological polar surface area (TPSA) is 28.2 Å². The fourth-order valence-electron chi connectivity index (χ4n) is 3.13. The molecule has 1 aromatic carbocycles. The Hall–Kier alpha value is -1.61. The number of nitrogens with zero attached hydrogens (tertiary/aromatic N) is 2. The lowest BCUT2D eigenvalue weighted by Gasteiger charge is -2.17. The van der Waals surface area contributed by atoms with Gasteiger partial charge in [-0.2, -0.15) is 0 Å². The van der Waals surface area contributed by atoms with Gasteiger partial charge in [-0.3, -0.25) is 9.88 Å². The first kappa shape index (κ1) is 11.2. The van der Waals surface area contributed by atoms with Crippen molar-refractivity contribution >= 4 is 16.6 Å². The first-order valence-corrected chi connectivity index (χ1v) is 7.24. The van der Waals surface area contributed by atoms with Crippen molar-refractivity contribution in [2.75, 3.05) is 18.4 Å². The van der Waals surface area contributed by atoms with Crippen molar-refractivity contribution < 1.29 is 0 Å². The van der Waals surface area contributed by atoms with Crippen LogP contribution in [0, 0.1) is 0 Å². The van der Waals surface area contributed by atoms with Crippen molar-refractivity contribution in [3.05, 3.63) is 36.5 Å². The molecule has 0 radical (unpaired) electrons. The number of aromatic nitrogens is 1. The van der Waals surface area contributed by atoms with Crippen molar-refractivity contribution in [2.24, 2.45) is 0 Å². The normalized spacial score (nSPS) is 23.9. The molecular formula is C16H19N3. The van der Waals surface area contributed by atoms with Crippen LogP contribution in [0.4, 0.5) is 5.69 Å². The highest BCUT2D eigenvalue weighted by molar-refractivity contribution is 5.91. The molecule has 98 valence electrons. The predicted molar refractivity (Wildman–Crippen MR) is 78.4 cm³/mol. The van der Waals surface area contributed by atoms with Gasteiger partial charge in [0, 0.05) is 42.4 Å². The largest absolute Gasteiger partial charge is 0.380 e. The summed E-state index contributed by atoms with van der Waals surface area (Å²) in [4.78, 5) is 7.06. The van der Waals surface area contributed by atoms with E-state index in [-0.39, 0.29) is 0 Å². The van der Waals surface area contributed by atoms with Gasteiger partial charge < -0.3 is 5.32 Å². The minimum absolute atomic E-state index is 0.589. The minimum atomic E-state index is 0.589. The van der Waals surface area contributed by atoms with Gasteiger partial charge in [0.05, 0.1) is 5.52 Å². The second-order valence-electron chi connectivity index (χ2n) is 5.73. The highest BCUT2D eigenvalue weighted by Gasteiger charge is 2.34. The lowest BCUT2D eigenvalue weighted by atomic mass is 10.1. The van der Waals surface area contributed by atoms with Crippen LogP contribution >= 0.6 is 0 Å². The van der Waals surface area contributed by atoms with Crippen LogP contribution < -0.4 is 5.32 Å². The molecule has 2 heterocycles. The lowest BCUT2D eigenvalue weighted by Crippen LogP contribution is -2.27. The van der Waals surface area contributed by atoms with Gasteiger partial charge in [0.1, 0.15) is 0 Å². The first-order valence-electron chi connectivity index (χ1n) is 7.24. The highest BCUT2D eigenvalue weighted by atomic mass is 15.2. The van der Waals surface area contributed by atoms with Crippen molar-refractivity contribution in [3.8, 4) is 0 Å². The molecule has 1 saturated heterocycles. The van der Waals surface area contributed by atoms with Crippen LogP contribution in [0.25, 0.3) is 10.9 Å². The third kappa shape index (κ3) is 2.19. The zero-order valence-electron chi connectivity index (χ0n) is 11.0. The number of pyridine rings is 1. The Morgan fingerprint density at radius 1 is 1.11 bits per heavy atom. The Balaban J connectivity index is 1.55. The Labute approximate surface area is 113 Å². The molecule has 19 heavy (non-hydrogen) atoms. The van der Waals surface area contributed by atoms with Crippen molar-refractivity contribution in [2.45, 2.75) is 31.3 Å². The van der Waals surface area contributed by atoms with Gasteiger partial charge in [0.2, 0.25) is 0 Å². The second kappa shape index (κ2) is 4.49. The summed E-state index contributed by atoms with van der Waals surface area (Å²) in [6.45, 7) is 2.45. The SMILES string of the molecule is c1cc(NC2CCN(C3CC3)C2)c2cccnc2c1. The van der Waals surface area contributed by atoms with Crippen LogP contribution in [0.1, 0.15) is 19.3 Å². The number of anilines is 1. The maximum absolute atomic E-state index is 4.42. The van der Waals surface area contributed by atoms with Crippen molar-refractivity contribution in [1.82, 2.24) is 9.88 Å². The van der Waals surface area contributed by atoms with Gasteiger partial charge in [-0.1, -0.05) is 6.07 Å². The summed E-state index contributed by atoms with van der Waals surface area (Å²) in [5.41, 5.74) is 2.30.